The predicted molar refractivity (Wildman–Crippen MR) is 69.2 cm³/mol. The summed E-state index contributed by atoms with van der Waals surface area (Å²) in [5, 5.41) is 13.7. The van der Waals surface area contributed by atoms with Crippen molar-refractivity contribution in [2.45, 2.75) is 32.9 Å². The van der Waals surface area contributed by atoms with E-state index in [-0.39, 0.29) is 0 Å². The van der Waals surface area contributed by atoms with Crippen LogP contribution in [0, 0.1) is 0 Å². The highest BCUT2D eigenvalue weighted by Crippen LogP contribution is 2.17. The van der Waals surface area contributed by atoms with Crippen LogP contribution in [0.1, 0.15) is 26.7 Å². The lowest BCUT2D eigenvalue weighted by Gasteiger charge is -2.26. The first-order chi connectivity index (χ1) is 8.98. The number of aliphatic hydroxyl groups is 1. The molecule has 2 aromatic heterocycles. The molecule has 2 rings (SSSR count). The van der Waals surface area contributed by atoms with Gasteiger partial charge < -0.3 is 14.0 Å². The van der Waals surface area contributed by atoms with Crippen molar-refractivity contribution in [3.05, 3.63) is 24.3 Å². The molecule has 0 aliphatic heterocycles. The van der Waals surface area contributed by atoms with Crippen LogP contribution < -0.4 is 0 Å². The molecule has 104 valence electrons. The first-order valence-corrected chi connectivity index (χ1v) is 6.29. The molecule has 0 aliphatic rings. The summed E-state index contributed by atoms with van der Waals surface area (Å²) in [7, 11) is 0. The zero-order valence-corrected chi connectivity index (χ0v) is 11.5. The zero-order valence-electron chi connectivity index (χ0n) is 11.5. The number of furan rings is 1. The zero-order chi connectivity index (χ0) is 13.9. The molecule has 1 N–H and O–H groups in total. The van der Waals surface area contributed by atoms with Crippen molar-refractivity contribution in [1.82, 2.24) is 15.0 Å². The topological polar surface area (TPSA) is 75.5 Å². The molecule has 0 fully saturated rings. The lowest BCUT2D eigenvalue weighted by Crippen LogP contribution is -2.38. The third-order valence-electron chi connectivity index (χ3n) is 2.63. The number of hydrogen-bond acceptors (Lipinski definition) is 6. The van der Waals surface area contributed by atoms with Gasteiger partial charge in [0.2, 0.25) is 11.7 Å². The van der Waals surface area contributed by atoms with Crippen LogP contribution in [0.15, 0.2) is 27.3 Å². The molecule has 0 radical (unpaired) electrons. The summed E-state index contributed by atoms with van der Waals surface area (Å²) in [6.45, 7) is 7.42. The average molecular weight is 265 g/mol. The molecule has 0 bridgehead atoms. The average Bonchev–Trinajstić information content (AvgIpc) is 2.95. The maximum absolute atomic E-state index is 9.83. The SMILES string of the molecule is CCN(Cc1nc(-c2ccco2)no1)CC(C)(C)O. The Bertz CT molecular complexity index is 499. The molecule has 0 spiro atoms. The molecule has 2 aromatic rings. The Balaban J connectivity index is 2.03. The van der Waals surface area contributed by atoms with Gasteiger partial charge in [-0.05, 0) is 32.5 Å². The summed E-state index contributed by atoms with van der Waals surface area (Å²) >= 11 is 0. The van der Waals surface area contributed by atoms with E-state index in [1.807, 2.05) is 11.8 Å². The molecule has 19 heavy (non-hydrogen) atoms. The third-order valence-corrected chi connectivity index (χ3v) is 2.63. The van der Waals surface area contributed by atoms with Crippen LogP contribution in [0.5, 0.6) is 0 Å². The van der Waals surface area contributed by atoms with Crippen molar-refractivity contribution in [3.8, 4) is 11.6 Å². The molecule has 6 nitrogen and oxygen atoms in total. The quantitative estimate of drug-likeness (QED) is 0.860. The lowest BCUT2D eigenvalue weighted by molar-refractivity contribution is 0.0322. The summed E-state index contributed by atoms with van der Waals surface area (Å²) in [6, 6.07) is 3.56. The van der Waals surface area contributed by atoms with E-state index < -0.39 is 5.60 Å². The van der Waals surface area contributed by atoms with Gasteiger partial charge in [0.05, 0.1) is 18.4 Å². The van der Waals surface area contributed by atoms with Gasteiger partial charge in [-0.15, -0.1) is 0 Å². The van der Waals surface area contributed by atoms with Crippen LogP contribution in [0.2, 0.25) is 0 Å². The van der Waals surface area contributed by atoms with Crippen LogP contribution >= 0.6 is 0 Å². The molecular formula is C13H19N3O3. The van der Waals surface area contributed by atoms with Gasteiger partial charge in [0.15, 0.2) is 5.76 Å². The molecule has 0 aromatic carbocycles. The summed E-state index contributed by atoms with van der Waals surface area (Å²) in [5.41, 5.74) is -0.750. The van der Waals surface area contributed by atoms with E-state index in [4.69, 9.17) is 8.94 Å². The summed E-state index contributed by atoms with van der Waals surface area (Å²) in [4.78, 5) is 6.32. The number of aromatic nitrogens is 2. The van der Waals surface area contributed by atoms with Crippen molar-refractivity contribution in [2.75, 3.05) is 13.1 Å². The number of hydrogen-bond donors (Lipinski definition) is 1. The lowest BCUT2D eigenvalue weighted by atomic mass is 10.1. The second-order valence-electron chi connectivity index (χ2n) is 5.10. The number of likely N-dealkylation sites (N-methyl/N-ethyl adjacent to an activating group) is 1. The third kappa shape index (κ3) is 3.90. The Morgan fingerprint density at radius 1 is 1.42 bits per heavy atom. The van der Waals surface area contributed by atoms with E-state index in [1.54, 1.807) is 32.2 Å². The Hall–Kier alpha value is -1.66. The standard InChI is InChI=1S/C13H19N3O3/c1-4-16(9-13(2,3)17)8-11-14-12(15-19-11)10-6-5-7-18-10/h5-7,17H,4,8-9H2,1-3H3. The Kier molecular flexibility index (Phi) is 4.01. The molecule has 0 saturated heterocycles. The van der Waals surface area contributed by atoms with Crippen molar-refractivity contribution in [2.24, 2.45) is 0 Å². The fraction of sp³-hybridized carbons (Fsp3) is 0.538. The van der Waals surface area contributed by atoms with E-state index in [0.717, 1.165) is 6.54 Å². The Morgan fingerprint density at radius 2 is 2.21 bits per heavy atom. The smallest absolute Gasteiger partial charge is 0.241 e. The minimum absolute atomic E-state index is 0.444. The highest BCUT2D eigenvalue weighted by molar-refractivity contribution is 5.44. The van der Waals surface area contributed by atoms with Crippen molar-refractivity contribution < 1.29 is 14.0 Å². The normalized spacial score (nSPS) is 12.3. The van der Waals surface area contributed by atoms with E-state index in [1.165, 1.54) is 0 Å². The fourth-order valence-corrected chi connectivity index (χ4v) is 1.84. The monoisotopic (exact) mass is 265 g/mol. The predicted octanol–water partition coefficient (Wildman–Crippen LogP) is 1.92. The second kappa shape index (κ2) is 5.54. The molecular weight excluding hydrogens is 246 g/mol. The fourth-order valence-electron chi connectivity index (χ4n) is 1.84. The van der Waals surface area contributed by atoms with Gasteiger partial charge in [-0.1, -0.05) is 12.1 Å². The van der Waals surface area contributed by atoms with Crippen LogP contribution in [0.25, 0.3) is 11.6 Å². The van der Waals surface area contributed by atoms with E-state index >= 15 is 0 Å². The van der Waals surface area contributed by atoms with E-state index in [2.05, 4.69) is 10.1 Å². The highest BCUT2D eigenvalue weighted by atomic mass is 16.5. The van der Waals surface area contributed by atoms with Gasteiger partial charge in [0.1, 0.15) is 0 Å². The molecule has 0 saturated carbocycles. The van der Waals surface area contributed by atoms with Gasteiger partial charge in [-0.25, -0.2) is 0 Å². The molecule has 0 aliphatic carbocycles. The van der Waals surface area contributed by atoms with Gasteiger partial charge in [0.25, 0.3) is 0 Å². The first-order valence-electron chi connectivity index (χ1n) is 6.29. The first kappa shape index (κ1) is 13.8. The minimum atomic E-state index is -0.750. The second-order valence-corrected chi connectivity index (χ2v) is 5.10. The van der Waals surface area contributed by atoms with Gasteiger partial charge >= 0.3 is 0 Å². The van der Waals surface area contributed by atoms with Crippen molar-refractivity contribution in [1.29, 1.82) is 0 Å². The molecule has 0 atom stereocenters. The highest BCUT2D eigenvalue weighted by Gasteiger charge is 2.20. The molecule has 0 unspecified atom stereocenters. The largest absolute Gasteiger partial charge is 0.461 e. The minimum Gasteiger partial charge on any atom is -0.461 e. The number of nitrogens with zero attached hydrogens (tertiary/aromatic N) is 3. The van der Waals surface area contributed by atoms with Crippen LogP contribution in [-0.2, 0) is 6.54 Å². The molecule has 6 heteroatoms. The van der Waals surface area contributed by atoms with Crippen molar-refractivity contribution >= 4 is 0 Å². The van der Waals surface area contributed by atoms with Gasteiger partial charge in [0, 0.05) is 6.54 Å². The van der Waals surface area contributed by atoms with Crippen LogP contribution in [0.4, 0.5) is 0 Å². The summed E-state index contributed by atoms with van der Waals surface area (Å²) < 4.78 is 10.4. The maximum atomic E-state index is 9.83. The Morgan fingerprint density at radius 3 is 2.79 bits per heavy atom. The van der Waals surface area contributed by atoms with Crippen LogP contribution in [0.3, 0.4) is 0 Å². The molecule has 0 amide bonds. The van der Waals surface area contributed by atoms with E-state index in [0.29, 0.717) is 30.6 Å². The maximum Gasteiger partial charge on any atom is 0.241 e. The Labute approximate surface area is 112 Å². The van der Waals surface area contributed by atoms with Gasteiger partial charge in [-0.2, -0.15) is 4.98 Å². The molecule has 2 heterocycles. The summed E-state index contributed by atoms with van der Waals surface area (Å²) in [5.74, 6) is 1.54. The van der Waals surface area contributed by atoms with Gasteiger partial charge in [-0.3, -0.25) is 4.90 Å². The van der Waals surface area contributed by atoms with Crippen LogP contribution in [-0.4, -0.2) is 38.8 Å². The van der Waals surface area contributed by atoms with Crippen molar-refractivity contribution in [3.63, 3.8) is 0 Å². The number of rotatable bonds is 6. The van der Waals surface area contributed by atoms with E-state index in [9.17, 15) is 5.11 Å². The summed E-state index contributed by atoms with van der Waals surface area (Å²) in [6.07, 6.45) is 1.57.